The molecule has 0 heterocycles. The number of hydrogen-bond acceptors (Lipinski definition) is 8. The van der Waals surface area contributed by atoms with Crippen LogP contribution in [-0.2, 0) is 41.5 Å². The molecule has 283 valence electrons. The third-order valence-electron chi connectivity index (χ3n) is 9.04. The molecule has 2 unspecified atom stereocenters. The number of amides is 1. The third kappa shape index (κ3) is 13.0. The molecule has 3 aromatic carbocycles. The van der Waals surface area contributed by atoms with Crippen molar-refractivity contribution in [1.82, 2.24) is 5.32 Å². The predicted octanol–water partition coefficient (Wildman–Crippen LogP) is 9.64. The summed E-state index contributed by atoms with van der Waals surface area (Å²) in [7, 11) is 6.43. The van der Waals surface area contributed by atoms with Gasteiger partial charge in [-0.3, -0.25) is 0 Å². The number of allylic oxidation sites excluding steroid dienone is 2. The second-order valence-electron chi connectivity index (χ2n) is 12.6. The van der Waals surface area contributed by atoms with Crippen LogP contribution in [0.4, 0.5) is 4.79 Å². The van der Waals surface area contributed by atoms with E-state index in [0.717, 1.165) is 56.1 Å². The van der Waals surface area contributed by atoms with E-state index in [1.807, 2.05) is 36.4 Å². The summed E-state index contributed by atoms with van der Waals surface area (Å²) in [5, 5.41) is 9.10. The molecule has 0 aliphatic heterocycles. The standard InChI is InChI=1S/C24H26ClNO4.C16H20ClNO2.CH4.BHN/c1-29-22(27)24(16-18-9-4-2-5-10-18,20-13-8-14-21(25)15-20)26-23(28)30-17-19-11-6-3-7-12-19;1-20-15(19)16(18,11-12-6-3-2-4-7-12)13-8-5-9-14(17)10-13;;1-2/h3,6-9,11-15H,2,4-5,10,16-17H2,1H3,(H,26,28);5-6,8-10H,2-4,7,11,18H2,1H3;1H4;2H. The van der Waals surface area contributed by atoms with Crippen LogP contribution in [0, 0.1) is 5.31 Å². The van der Waals surface area contributed by atoms with Crippen LogP contribution in [0.2, 0.25) is 10.0 Å². The monoisotopic (exact) mass is 762 g/mol. The van der Waals surface area contributed by atoms with Crippen LogP contribution in [0.1, 0.15) is 88.3 Å². The number of halogens is 2. The minimum absolute atomic E-state index is 0. The van der Waals surface area contributed by atoms with Gasteiger partial charge in [0.15, 0.2) is 5.54 Å². The van der Waals surface area contributed by atoms with Crippen molar-refractivity contribution in [2.75, 3.05) is 14.2 Å². The van der Waals surface area contributed by atoms with Crippen molar-refractivity contribution in [2.45, 2.75) is 89.3 Å². The Bertz CT molecular complexity index is 1710. The van der Waals surface area contributed by atoms with E-state index in [-0.39, 0.29) is 14.0 Å². The molecule has 0 fully saturated rings. The third-order valence-corrected chi connectivity index (χ3v) is 9.51. The molecule has 3 aromatic rings. The zero-order chi connectivity index (χ0) is 38.0. The summed E-state index contributed by atoms with van der Waals surface area (Å²) < 4.78 is 15.5. The second-order valence-corrected chi connectivity index (χ2v) is 13.5. The average Bonchev–Trinajstić information content (AvgIpc) is 3.18. The number of carbonyl (C=O) groups is 3. The fourth-order valence-electron chi connectivity index (χ4n) is 6.39. The zero-order valence-electron chi connectivity index (χ0n) is 29.8. The number of carbonyl (C=O) groups excluding carboxylic acids is 3. The minimum atomic E-state index is -1.42. The van der Waals surface area contributed by atoms with Gasteiger partial charge in [-0.2, -0.15) is 0 Å². The zero-order valence-corrected chi connectivity index (χ0v) is 31.3. The van der Waals surface area contributed by atoms with Gasteiger partial charge in [-0.05, 0) is 92.3 Å². The van der Waals surface area contributed by atoms with E-state index in [2.05, 4.69) is 25.1 Å². The maximum absolute atomic E-state index is 13.1. The molecule has 1 radical (unpaired) electrons. The van der Waals surface area contributed by atoms with Gasteiger partial charge in [0.1, 0.15) is 12.1 Å². The molecule has 2 atom stereocenters. The number of esters is 2. The van der Waals surface area contributed by atoms with E-state index >= 15 is 0 Å². The van der Waals surface area contributed by atoms with E-state index in [4.69, 9.17) is 48.5 Å². The molecule has 0 bridgehead atoms. The summed E-state index contributed by atoms with van der Waals surface area (Å²) in [6.07, 6.45) is 12.9. The maximum atomic E-state index is 13.1. The van der Waals surface area contributed by atoms with Gasteiger partial charge in [0.25, 0.3) is 0 Å². The van der Waals surface area contributed by atoms with Crippen molar-refractivity contribution in [1.29, 1.82) is 5.31 Å². The van der Waals surface area contributed by atoms with Gasteiger partial charge >= 0.3 is 31.0 Å². The van der Waals surface area contributed by atoms with Gasteiger partial charge in [0, 0.05) is 22.9 Å². The molecule has 9 nitrogen and oxygen atoms in total. The van der Waals surface area contributed by atoms with Gasteiger partial charge in [-0.25, -0.2) is 14.4 Å². The van der Waals surface area contributed by atoms with E-state index in [0.29, 0.717) is 34.0 Å². The van der Waals surface area contributed by atoms with Crippen LogP contribution < -0.4 is 11.1 Å². The summed E-state index contributed by atoms with van der Waals surface area (Å²) in [4.78, 5) is 38.0. The van der Waals surface area contributed by atoms with E-state index < -0.39 is 29.1 Å². The predicted molar refractivity (Wildman–Crippen MR) is 212 cm³/mol. The Morgan fingerprint density at radius 3 is 1.79 bits per heavy atom. The Balaban J connectivity index is 0.000000369. The van der Waals surface area contributed by atoms with Gasteiger partial charge in [0.05, 0.1) is 14.2 Å². The van der Waals surface area contributed by atoms with Crippen LogP contribution in [0.5, 0.6) is 0 Å². The van der Waals surface area contributed by atoms with Crippen molar-refractivity contribution < 1.29 is 28.6 Å². The quantitative estimate of drug-likeness (QED) is 0.0765. The van der Waals surface area contributed by atoms with Crippen LogP contribution >= 0.6 is 23.2 Å². The normalized spacial score (nSPS) is 15.6. The van der Waals surface area contributed by atoms with Gasteiger partial charge in [0.2, 0.25) is 0 Å². The summed E-state index contributed by atoms with van der Waals surface area (Å²) in [5.74, 6) is -0.987. The molecule has 12 heteroatoms. The summed E-state index contributed by atoms with van der Waals surface area (Å²) >= 11 is 12.2. The summed E-state index contributed by atoms with van der Waals surface area (Å²) in [6.45, 7) is 0.0994. The summed E-state index contributed by atoms with van der Waals surface area (Å²) in [6, 6.07) is 23.4. The second kappa shape index (κ2) is 22.7. The number of methoxy groups -OCH3 is 2. The number of benzene rings is 3. The Morgan fingerprint density at radius 1 is 0.755 bits per heavy atom. The molecule has 0 aromatic heterocycles. The number of hydrogen-bond donors (Lipinski definition) is 3. The molecule has 53 heavy (non-hydrogen) atoms. The first-order valence-corrected chi connectivity index (χ1v) is 18.0. The van der Waals surface area contributed by atoms with Crippen molar-refractivity contribution in [3.63, 3.8) is 0 Å². The summed E-state index contributed by atoms with van der Waals surface area (Å²) in [5.41, 5.74) is 8.26. The Morgan fingerprint density at radius 2 is 1.28 bits per heavy atom. The molecule has 5 rings (SSSR count). The molecular formula is C41H51BCl2N3O6. The molecule has 2 aliphatic carbocycles. The van der Waals surface area contributed by atoms with E-state index in [1.54, 1.807) is 42.5 Å². The number of rotatable bonds is 11. The van der Waals surface area contributed by atoms with Gasteiger partial charge < -0.3 is 25.3 Å². The number of nitrogens with two attached hydrogens (primary N) is 1. The molecular weight excluding hydrogens is 712 g/mol. The van der Waals surface area contributed by atoms with Gasteiger partial charge in [-0.15, -0.1) is 0 Å². The SMILES string of the molecule is C.COC(=O)C(CC1=CCCCC1)(NC(=O)OCc1ccccc1)c1cccc(Cl)c1.COC(=O)C(N)(CC1=CCCCC1)c1cccc(Cl)c1.[B]=N. The van der Waals surface area contributed by atoms with E-state index in [1.165, 1.54) is 26.2 Å². The first-order chi connectivity index (χ1) is 25.1. The average molecular weight is 764 g/mol. The van der Waals surface area contributed by atoms with Crippen LogP contribution in [-0.4, -0.2) is 39.9 Å². The van der Waals surface area contributed by atoms with Crippen molar-refractivity contribution >= 4 is 48.9 Å². The molecule has 2 aliphatic rings. The molecule has 0 saturated heterocycles. The molecule has 4 N–H and O–H groups in total. The molecule has 1 amide bonds. The van der Waals surface area contributed by atoms with Crippen LogP contribution in [0.15, 0.2) is 102 Å². The van der Waals surface area contributed by atoms with Crippen molar-refractivity contribution in [2.24, 2.45) is 5.73 Å². The molecule has 0 saturated carbocycles. The molecule has 0 spiro atoms. The number of nitrogens with one attached hydrogen (secondary N) is 2. The first-order valence-electron chi connectivity index (χ1n) is 17.2. The van der Waals surface area contributed by atoms with Crippen LogP contribution in [0.3, 0.4) is 0 Å². The Hall–Kier alpha value is -4.25. The Labute approximate surface area is 325 Å². The fraction of sp³-hybridized carbons (Fsp3) is 0.390. The first kappa shape index (κ1) is 44.9. The van der Waals surface area contributed by atoms with Crippen molar-refractivity contribution in [3.8, 4) is 0 Å². The fourth-order valence-corrected chi connectivity index (χ4v) is 6.77. The van der Waals surface area contributed by atoms with Crippen LogP contribution in [0.25, 0.3) is 0 Å². The van der Waals surface area contributed by atoms with E-state index in [9.17, 15) is 14.4 Å². The topological polar surface area (TPSA) is 141 Å². The van der Waals surface area contributed by atoms with Gasteiger partial charge in [-0.1, -0.05) is 109 Å². The Kier molecular flexibility index (Phi) is 19.3. The number of ether oxygens (including phenoxy) is 3. The number of alkyl carbamates (subject to hydrolysis) is 1. The van der Waals surface area contributed by atoms with Crippen molar-refractivity contribution in [3.05, 3.63) is 129 Å².